The van der Waals surface area contributed by atoms with Gasteiger partial charge in [-0.15, -0.1) is 0 Å². The molecule has 1 N–H and O–H groups in total. The van der Waals surface area contributed by atoms with Crippen LogP contribution in [0.2, 0.25) is 0 Å². The van der Waals surface area contributed by atoms with E-state index < -0.39 is 17.7 Å². The quantitative estimate of drug-likeness (QED) is 0.266. The van der Waals surface area contributed by atoms with Crippen LogP contribution in [0.3, 0.4) is 0 Å². The number of ether oxygens (including phenoxy) is 2. The molecule has 0 aliphatic heterocycles. The Kier molecular flexibility index (Phi) is 7.52. The molecule has 2 aromatic heterocycles. The number of nitrogens with one attached hydrogen (secondary N) is 1. The minimum absolute atomic E-state index is 0.0666. The first-order chi connectivity index (χ1) is 18.0. The molecule has 0 saturated carbocycles. The predicted octanol–water partition coefficient (Wildman–Crippen LogP) is 5.09. The van der Waals surface area contributed by atoms with Crippen LogP contribution in [0, 0.1) is 6.92 Å². The maximum absolute atomic E-state index is 12.8. The highest BCUT2D eigenvalue weighted by atomic mass is 16.6. The fourth-order valence-electron chi connectivity index (χ4n) is 3.86. The van der Waals surface area contributed by atoms with E-state index in [1.807, 2.05) is 30.3 Å². The van der Waals surface area contributed by atoms with Crippen molar-refractivity contribution in [2.45, 2.75) is 53.4 Å². The number of nitrogens with zero attached hydrogens (tertiary/aromatic N) is 4. The van der Waals surface area contributed by atoms with Gasteiger partial charge in [0.05, 0.1) is 11.2 Å². The molecule has 10 heteroatoms. The molecule has 0 fully saturated rings. The van der Waals surface area contributed by atoms with Crippen LogP contribution in [-0.2, 0) is 27.4 Å². The summed E-state index contributed by atoms with van der Waals surface area (Å²) in [6.45, 7) is 8.26. The fraction of sp³-hybridized carbons (Fsp3) is 0.286. The Bertz CT molecular complexity index is 1490. The first-order valence-electron chi connectivity index (χ1n) is 12.0. The summed E-state index contributed by atoms with van der Waals surface area (Å²) in [4.78, 5) is 46.6. The summed E-state index contributed by atoms with van der Waals surface area (Å²) in [5.74, 6) is -0.231. The van der Waals surface area contributed by atoms with Gasteiger partial charge in [0.2, 0.25) is 0 Å². The second-order valence-electron chi connectivity index (χ2n) is 9.77. The van der Waals surface area contributed by atoms with Crippen LogP contribution in [-0.4, -0.2) is 43.2 Å². The van der Waals surface area contributed by atoms with Gasteiger partial charge in [-0.2, -0.15) is 5.10 Å². The number of benzene rings is 2. The maximum atomic E-state index is 12.8. The first kappa shape index (κ1) is 26.5. The molecule has 38 heavy (non-hydrogen) atoms. The van der Waals surface area contributed by atoms with Gasteiger partial charge in [-0.1, -0.05) is 30.3 Å². The molecule has 1 amide bonds. The smallest absolute Gasteiger partial charge is 0.412 e. The van der Waals surface area contributed by atoms with Crippen molar-refractivity contribution in [3.05, 3.63) is 71.9 Å². The van der Waals surface area contributed by atoms with Crippen LogP contribution < -0.4 is 5.32 Å². The van der Waals surface area contributed by atoms with Gasteiger partial charge in [0.25, 0.3) is 0 Å². The number of hydrogen-bond acceptors (Lipinski definition) is 8. The minimum Gasteiger partial charge on any atom is -0.459 e. The number of carbonyl (C=O) groups is 3. The van der Waals surface area contributed by atoms with Gasteiger partial charge in [-0.05, 0) is 51.0 Å². The summed E-state index contributed by atoms with van der Waals surface area (Å²) in [5, 5.41) is 7.63. The Morgan fingerprint density at radius 1 is 1.00 bits per heavy atom. The molecule has 0 atom stereocenters. The molecule has 0 aliphatic carbocycles. The molecular weight excluding hydrogens is 486 g/mol. The van der Waals surface area contributed by atoms with Crippen LogP contribution in [0.25, 0.3) is 22.0 Å². The van der Waals surface area contributed by atoms with E-state index >= 15 is 0 Å². The zero-order valence-corrected chi connectivity index (χ0v) is 21.9. The van der Waals surface area contributed by atoms with Crippen LogP contribution in [0.1, 0.15) is 49.6 Å². The van der Waals surface area contributed by atoms with Crippen molar-refractivity contribution in [2.24, 2.45) is 0 Å². The molecule has 196 valence electrons. The monoisotopic (exact) mass is 515 g/mol. The lowest BCUT2D eigenvalue weighted by molar-refractivity contribution is -0.155. The molecular formula is C28H29N5O5. The minimum atomic E-state index is -0.707. The van der Waals surface area contributed by atoms with Gasteiger partial charge in [-0.25, -0.2) is 14.8 Å². The lowest BCUT2D eigenvalue weighted by Crippen LogP contribution is -2.27. The molecule has 0 saturated heterocycles. The topological polar surface area (TPSA) is 125 Å². The van der Waals surface area contributed by atoms with Gasteiger partial charge >= 0.3 is 12.1 Å². The number of rotatable bonds is 7. The standard InChI is InChI=1S/C28H29N5O5/c1-17(34)25-22-11-20(21-13-29-18(2)30-14-21)12-23(31-27(36)37-16-19-9-7-6-8-10-19)26(22)33(32-25)15-24(35)38-28(3,4)5/h6-14H,15-16H2,1-5H3,(H,31,36). The third kappa shape index (κ3) is 6.39. The van der Waals surface area contributed by atoms with Crippen LogP contribution in [0.4, 0.5) is 10.5 Å². The summed E-state index contributed by atoms with van der Waals surface area (Å²) in [5.41, 5.74) is 2.29. The van der Waals surface area contributed by atoms with Crippen molar-refractivity contribution >= 4 is 34.4 Å². The van der Waals surface area contributed by atoms with Crippen LogP contribution in [0.15, 0.2) is 54.9 Å². The molecule has 0 aliphatic rings. The number of Topliss-reactive ketones (excluding diaryl/α,β-unsaturated/α-hetero) is 1. The third-order valence-corrected chi connectivity index (χ3v) is 5.44. The molecule has 2 aromatic carbocycles. The Morgan fingerprint density at radius 3 is 2.32 bits per heavy atom. The second-order valence-corrected chi connectivity index (χ2v) is 9.77. The largest absolute Gasteiger partial charge is 0.459 e. The molecule has 4 aromatic rings. The molecule has 2 heterocycles. The van der Waals surface area contributed by atoms with Crippen LogP contribution >= 0.6 is 0 Å². The summed E-state index contributed by atoms with van der Waals surface area (Å²) in [6.07, 6.45) is 2.60. The van der Waals surface area contributed by atoms with Gasteiger partial charge in [-0.3, -0.25) is 19.6 Å². The zero-order chi connectivity index (χ0) is 27.4. The van der Waals surface area contributed by atoms with Gasteiger partial charge in [0, 0.05) is 30.3 Å². The van der Waals surface area contributed by atoms with E-state index in [1.165, 1.54) is 11.6 Å². The highest BCUT2D eigenvalue weighted by Gasteiger charge is 2.24. The van der Waals surface area contributed by atoms with Crippen molar-refractivity contribution in [2.75, 3.05) is 5.32 Å². The predicted molar refractivity (Wildman–Crippen MR) is 142 cm³/mol. The van der Waals surface area contributed by atoms with E-state index in [9.17, 15) is 14.4 Å². The maximum Gasteiger partial charge on any atom is 0.412 e. The molecule has 0 unspecified atom stereocenters. The van der Waals surface area contributed by atoms with E-state index in [4.69, 9.17) is 9.47 Å². The Morgan fingerprint density at radius 2 is 1.68 bits per heavy atom. The van der Waals surface area contributed by atoms with Crippen molar-refractivity contribution in [1.82, 2.24) is 19.7 Å². The number of anilines is 1. The SMILES string of the molecule is CC(=O)c1nn(CC(=O)OC(C)(C)C)c2c(NC(=O)OCc3ccccc3)cc(-c3cnc(C)nc3)cc12. The number of fused-ring (bicyclic) bond motifs is 1. The average Bonchev–Trinajstić information content (AvgIpc) is 3.21. The van der Waals surface area contributed by atoms with Gasteiger partial charge in [0.15, 0.2) is 5.78 Å². The molecule has 0 radical (unpaired) electrons. The first-order valence-corrected chi connectivity index (χ1v) is 12.0. The summed E-state index contributed by atoms with van der Waals surface area (Å²) in [6, 6.07) is 12.7. The summed E-state index contributed by atoms with van der Waals surface area (Å²) < 4.78 is 12.2. The summed E-state index contributed by atoms with van der Waals surface area (Å²) >= 11 is 0. The highest BCUT2D eigenvalue weighted by Crippen LogP contribution is 2.33. The van der Waals surface area contributed by atoms with Crippen molar-refractivity contribution in [3.8, 4) is 11.1 Å². The number of aryl methyl sites for hydroxylation is 1. The molecule has 10 nitrogen and oxygen atoms in total. The Balaban J connectivity index is 1.78. The molecule has 4 rings (SSSR count). The fourth-order valence-corrected chi connectivity index (χ4v) is 3.86. The highest BCUT2D eigenvalue weighted by molar-refractivity contribution is 6.11. The van der Waals surface area contributed by atoms with Crippen molar-refractivity contribution < 1.29 is 23.9 Å². The van der Waals surface area contributed by atoms with E-state index in [2.05, 4.69) is 20.4 Å². The lowest BCUT2D eigenvalue weighted by atomic mass is 10.0. The Hall–Kier alpha value is -4.60. The van der Waals surface area contributed by atoms with E-state index in [1.54, 1.807) is 52.2 Å². The van der Waals surface area contributed by atoms with Gasteiger partial charge < -0.3 is 9.47 Å². The molecule has 0 spiro atoms. The number of hydrogen-bond donors (Lipinski definition) is 1. The Labute approximate surface area is 220 Å². The third-order valence-electron chi connectivity index (χ3n) is 5.44. The number of ketones is 1. The number of carbonyl (C=O) groups excluding carboxylic acids is 3. The zero-order valence-electron chi connectivity index (χ0n) is 21.9. The normalized spacial score (nSPS) is 11.3. The number of aromatic nitrogens is 4. The number of amides is 1. The molecule has 0 bridgehead atoms. The lowest BCUT2D eigenvalue weighted by Gasteiger charge is -2.19. The van der Waals surface area contributed by atoms with Crippen LogP contribution in [0.5, 0.6) is 0 Å². The van der Waals surface area contributed by atoms with Crippen molar-refractivity contribution in [1.29, 1.82) is 0 Å². The number of esters is 1. The van der Waals surface area contributed by atoms with E-state index in [0.29, 0.717) is 33.5 Å². The van der Waals surface area contributed by atoms with E-state index in [-0.39, 0.29) is 24.6 Å². The van der Waals surface area contributed by atoms with Crippen molar-refractivity contribution in [3.63, 3.8) is 0 Å². The summed E-state index contributed by atoms with van der Waals surface area (Å²) in [7, 11) is 0. The second kappa shape index (κ2) is 10.8. The average molecular weight is 516 g/mol. The van der Waals surface area contributed by atoms with E-state index in [0.717, 1.165) is 5.56 Å². The van der Waals surface area contributed by atoms with Gasteiger partial charge in [0.1, 0.15) is 30.3 Å².